The van der Waals surface area contributed by atoms with Gasteiger partial charge in [0.05, 0.1) is 25.5 Å². The molecule has 1 aliphatic carbocycles. The van der Waals surface area contributed by atoms with Gasteiger partial charge < -0.3 is 15.2 Å². The molecule has 0 spiro atoms. The molecule has 0 atom stereocenters. The highest BCUT2D eigenvalue weighted by Crippen LogP contribution is 2.19. The number of carboxylic acids is 1. The molecule has 7 nitrogen and oxygen atoms in total. The van der Waals surface area contributed by atoms with E-state index in [1.54, 1.807) is 0 Å². The molecule has 7 heteroatoms. The van der Waals surface area contributed by atoms with E-state index >= 15 is 0 Å². The van der Waals surface area contributed by atoms with E-state index in [9.17, 15) is 4.79 Å². The van der Waals surface area contributed by atoms with Crippen molar-refractivity contribution >= 4 is 5.97 Å². The van der Waals surface area contributed by atoms with E-state index in [4.69, 9.17) is 9.84 Å². The van der Waals surface area contributed by atoms with E-state index in [0.717, 1.165) is 19.7 Å². The van der Waals surface area contributed by atoms with E-state index in [0.29, 0.717) is 12.6 Å². The van der Waals surface area contributed by atoms with Gasteiger partial charge in [0, 0.05) is 13.1 Å². The molecule has 0 bridgehead atoms. The zero-order chi connectivity index (χ0) is 14.2. The van der Waals surface area contributed by atoms with E-state index in [2.05, 4.69) is 15.6 Å². The molecule has 1 saturated carbocycles. The van der Waals surface area contributed by atoms with Crippen LogP contribution in [0.3, 0.4) is 0 Å². The Morgan fingerprint density at radius 2 is 2.20 bits per heavy atom. The van der Waals surface area contributed by atoms with Crippen LogP contribution in [0.5, 0.6) is 0 Å². The van der Waals surface area contributed by atoms with Crippen LogP contribution in [0.4, 0.5) is 0 Å². The molecule has 1 aromatic heterocycles. The third-order valence-corrected chi connectivity index (χ3v) is 3.46. The van der Waals surface area contributed by atoms with Crippen LogP contribution in [-0.4, -0.2) is 51.9 Å². The smallest absolute Gasteiger partial charge is 0.358 e. The number of ether oxygens (including phenoxy) is 1. The van der Waals surface area contributed by atoms with Crippen molar-refractivity contribution in [3.8, 4) is 0 Å². The first-order chi connectivity index (χ1) is 9.75. The molecule has 20 heavy (non-hydrogen) atoms. The second-order valence-corrected chi connectivity index (χ2v) is 5.05. The normalized spacial score (nSPS) is 16.4. The highest BCUT2D eigenvalue weighted by molar-refractivity contribution is 5.84. The molecule has 112 valence electrons. The number of hydrogen-bond acceptors (Lipinski definition) is 5. The predicted molar refractivity (Wildman–Crippen MR) is 72.7 cm³/mol. The average Bonchev–Trinajstić information content (AvgIpc) is 2.93. The van der Waals surface area contributed by atoms with Crippen LogP contribution in [0.25, 0.3) is 0 Å². The lowest BCUT2D eigenvalue weighted by molar-refractivity contribution is 0.0303. The highest BCUT2D eigenvalue weighted by Gasteiger charge is 2.12. The lowest BCUT2D eigenvalue weighted by Gasteiger charge is -2.22. The van der Waals surface area contributed by atoms with E-state index in [1.165, 1.54) is 43.0 Å². The summed E-state index contributed by atoms with van der Waals surface area (Å²) in [5.41, 5.74) is -0.0226. The minimum absolute atomic E-state index is 0.0226. The molecule has 0 saturated heterocycles. The summed E-state index contributed by atoms with van der Waals surface area (Å²) in [6, 6.07) is 0. The molecule has 0 amide bonds. The van der Waals surface area contributed by atoms with Crippen LogP contribution in [0.1, 0.15) is 42.6 Å². The van der Waals surface area contributed by atoms with Crippen LogP contribution >= 0.6 is 0 Å². The van der Waals surface area contributed by atoms with E-state index < -0.39 is 5.97 Å². The Kier molecular flexibility index (Phi) is 5.94. The number of nitrogens with zero attached hydrogens (tertiary/aromatic N) is 3. The summed E-state index contributed by atoms with van der Waals surface area (Å²) in [7, 11) is 0. The maximum atomic E-state index is 10.6. The predicted octanol–water partition coefficient (Wildman–Crippen LogP) is 0.915. The number of aromatic nitrogens is 3. The number of carboxylic acid groups (broad SMARTS) is 1. The highest BCUT2D eigenvalue weighted by atomic mass is 16.5. The van der Waals surface area contributed by atoms with Gasteiger partial charge in [-0.15, -0.1) is 5.10 Å². The first-order valence-electron chi connectivity index (χ1n) is 7.21. The van der Waals surface area contributed by atoms with Crippen molar-refractivity contribution in [3.05, 3.63) is 11.9 Å². The molecule has 1 fully saturated rings. The fourth-order valence-corrected chi connectivity index (χ4v) is 2.35. The van der Waals surface area contributed by atoms with Crippen LogP contribution in [-0.2, 0) is 11.3 Å². The molecule has 0 radical (unpaired) electrons. The van der Waals surface area contributed by atoms with Gasteiger partial charge in [-0.2, -0.15) is 0 Å². The monoisotopic (exact) mass is 282 g/mol. The summed E-state index contributed by atoms with van der Waals surface area (Å²) in [6.07, 6.45) is 8.18. The Morgan fingerprint density at radius 3 is 2.90 bits per heavy atom. The third kappa shape index (κ3) is 4.90. The van der Waals surface area contributed by atoms with Crippen molar-refractivity contribution in [2.45, 2.75) is 44.8 Å². The number of hydrogen-bond donors (Lipinski definition) is 2. The van der Waals surface area contributed by atoms with Gasteiger partial charge in [-0.3, -0.25) is 4.68 Å². The van der Waals surface area contributed by atoms with Gasteiger partial charge in [0.15, 0.2) is 5.69 Å². The van der Waals surface area contributed by atoms with Gasteiger partial charge in [-0.1, -0.05) is 24.5 Å². The molecule has 0 aliphatic heterocycles. The standard InChI is InChI=1S/C13H22N4O3/c18-13(19)12-10-17(16-15-12)8-6-14-7-9-20-11-4-2-1-3-5-11/h10-11,14H,1-9H2,(H,18,19). The lowest BCUT2D eigenvalue weighted by Crippen LogP contribution is -2.27. The largest absolute Gasteiger partial charge is 0.476 e. The molecular formula is C13H22N4O3. The van der Waals surface area contributed by atoms with Crippen molar-refractivity contribution in [2.75, 3.05) is 19.7 Å². The van der Waals surface area contributed by atoms with Gasteiger partial charge in [0.2, 0.25) is 0 Å². The summed E-state index contributed by atoms with van der Waals surface area (Å²) in [4.78, 5) is 10.6. The molecule has 1 aromatic rings. The average molecular weight is 282 g/mol. The Morgan fingerprint density at radius 1 is 1.40 bits per heavy atom. The molecule has 2 rings (SSSR count). The van der Waals surface area contributed by atoms with Gasteiger partial charge in [-0.05, 0) is 12.8 Å². The second-order valence-electron chi connectivity index (χ2n) is 5.05. The number of carbonyl (C=O) groups is 1. The summed E-state index contributed by atoms with van der Waals surface area (Å²) in [6.45, 7) is 2.85. The SMILES string of the molecule is O=C(O)c1cn(CCNCCOC2CCCCC2)nn1. The Bertz CT molecular complexity index is 416. The van der Waals surface area contributed by atoms with Crippen molar-refractivity contribution in [1.29, 1.82) is 0 Å². The lowest BCUT2D eigenvalue weighted by atomic mass is 9.98. The third-order valence-electron chi connectivity index (χ3n) is 3.46. The van der Waals surface area contributed by atoms with E-state index in [1.807, 2.05) is 0 Å². The summed E-state index contributed by atoms with van der Waals surface area (Å²) < 4.78 is 7.32. The Labute approximate surface area is 118 Å². The Hall–Kier alpha value is -1.47. The minimum atomic E-state index is -1.05. The summed E-state index contributed by atoms with van der Waals surface area (Å²) >= 11 is 0. The number of rotatable bonds is 8. The zero-order valence-electron chi connectivity index (χ0n) is 11.6. The molecule has 1 heterocycles. The molecular weight excluding hydrogens is 260 g/mol. The second kappa shape index (κ2) is 7.96. The molecule has 0 aromatic carbocycles. The van der Waals surface area contributed by atoms with Gasteiger partial charge in [0.1, 0.15) is 0 Å². The van der Waals surface area contributed by atoms with Crippen LogP contribution in [0, 0.1) is 0 Å². The number of aromatic carboxylic acids is 1. The van der Waals surface area contributed by atoms with Crippen molar-refractivity contribution in [2.24, 2.45) is 0 Å². The quantitative estimate of drug-likeness (QED) is 0.689. The minimum Gasteiger partial charge on any atom is -0.476 e. The van der Waals surface area contributed by atoms with Crippen LogP contribution < -0.4 is 5.32 Å². The van der Waals surface area contributed by atoms with Gasteiger partial charge in [0.25, 0.3) is 0 Å². The summed E-state index contributed by atoms with van der Waals surface area (Å²) in [5, 5.41) is 19.3. The molecule has 0 unspecified atom stereocenters. The maximum absolute atomic E-state index is 10.6. The summed E-state index contributed by atoms with van der Waals surface area (Å²) in [5.74, 6) is -1.05. The number of nitrogens with one attached hydrogen (secondary N) is 1. The molecule has 2 N–H and O–H groups in total. The first kappa shape index (κ1) is 14.9. The van der Waals surface area contributed by atoms with Crippen molar-refractivity contribution < 1.29 is 14.6 Å². The van der Waals surface area contributed by atoms with Crippen molar-refractivity contribution in [3.63, 3.8) is 0 Å². The fourth-order valence-electron chi connectivity index (χ4n) is 2.35. The van der Waals surface area contributed by atoms with Crippen LogP contribution in [0.15, 0.2) is 6.20 Å². The van der Waals surface area contributed by atoms with Gasteiger partial charge in [-0.25, -0.2) is 4.79 Å². The topological polar surface area (TPSA) is 89.3 Å². The zero-order valence-corrected chi connectivity index (χ0v) is 11.6. The van der Waals surface area contributed by atoms with Crippen molar-refractivity contribution in [1.82, 2.24) is 20.3 Å². The fraction of sp³-hybridized carbons (Fsp3) is 0.769. The first-order valence-corrected chi connectivity index (χ1v) is 7.21. The van der Waals surface area contributed by atoms with Gasteiger partial charge >= 0.3 is 5.97 Å². The van der Waals surface area contributed by atoms with Crippen LogP contribution in [0.2, 0.25) is 0 Å². The maximum Gasteiger partial charge on any atom is 0.358 e. The molecule has 1 aliphatic rings. The Balaban J connectivity index is 1.51. The van der Waals surface area contributed by atoms with E-state index in [-0.39, 0.29) is 5.69 Å².